The van der Waals surface area contributed by atoms with Crippen molar-refractivity contribution in [1.82, 2.24) is 5.32 Å². The van der Waals surface area contributed by atoms with E-state index in [4.69, 9.17) is 4.74 Å². The molecule has 0 aliphatic carbocycles. The Hall–Kier alpha value is -1.46. The fourth-order valence-electron chi connectivity index (χ4n) is 1.78. The van der Waals surface area contributed by atoms with Gasteiger partial charge in [-0.25, -0.2) is 4.39 Å². The molecule has 0 unspecified atom stereocenters. The molecule has 2 rings (SSSR count). The molecule has 1 N–H and O–H groups in total. The van der Waals surface area contributed by atoms with Gasteiger partial charge < -0.3 is 10.1 Å². The predicted molar refractivity (Wildman–Crippen MR) is 82.5 cm³/mol. The molecule has 21 heavy (non-hydrogen) atoms. The van der Waals surface area contributed by atoms with E-state index in [1.54, 1.807) is 12.1 Å². The normalized spacial score (nSPS) is 11.0. The second-order valence-electron chi connectivity index (χ2n) is 4.94. The van der Waals surface area contributed by atoms with Crippen LogP contribution in [0.5, 0.6) is 11.5 Å². The fourth-order valence-corrected chi connectivity index (χ4v) is 2.19. The van der Waals surface area contributed by atoms with Crippen molar-refractivity contribution in [3.8, 4) is 11.5 Å². The Labute approximate surface area is 131 Å². The monoisotopic (exact) mass is 355 g/mol. The van der Waals surface area contributed by atoms with Crippen LogP contribution in [-0.4, -0.2) is 6.04 Å². The molecule has 0 spiro atoms. The van der Waals surface area contributed by atoms with E-state index >= 15 is 0 Å². The number of benzene rings is 2. The maximum absolute atomic E-state index is 13.7. The van der Waals surface area contributed by atoms with Crippen molar-refractivity contribution in [2.75, 3.05) is 0 Å². The van der Waals surface area contributed by atoms with Crippen LogP contribution in [0.15, 0.2) is 40.9 Å². The molecular weight excluding hydrogens is 340 g/mol. The van der Waals surface area contributed by atoms with Crippen LogP contribution >= 0.6 is 15.9 Å². The van der Waals surface area contributed by atoms with Gasteiger partial charge in [-0.05, 0) is 30.3 Å². The molecule has 0 saturated carbocycles. The topological polar surface area (TPSA) is 21.3 Å². The third kappa shape index (κ3) is 4.25. The third-order valence-electron chi connectivity index (χ3n) is 2.86. The second kappa shape index (κ2) is 7.00. The minimum atomic E-state index is -0.983. The zero-order valence-electron chi connectivity index (χ0n) is 11.8. The lowest BCUT2D eigenvalue weighted by molar-refractivity contribution is 0.411. The van der Waals surface area contributed by atoms with Crippen LogP contribution in [-0.2, 0) is 6.54 Å². The van der Waals surface area contributed by atoms with Crippen LogP contribution in [0.4, 0.5) is 8.78 Å². The van der Waals surface area contributed by atoms with Gasteiger partial charge >= 0.3 is 0 Å². The molecule has 0 saturated heterocycles. The standard InChI is InChI=1S/C16H16BrF2NO/c1-10(2)20-9-11-8-12(17)6-7-14(11)21-15-5-3-4-13(18)16(15)19/h3-8,10,20H,9H2,1-2H3. The first kappa shape index (κ1) is 15.9. The lowest BCUT2D eigenvalue weighted by atomic mass is 10.2. The second-order valence-corrected chi connectivity index (χ2v) is 5.86. The number of hydrogen-bond acceptors (Lipinski definition) is 2. The molecule has 0 fully saturated rings. The van der Waals surface area contributed by atoms with Gasteiger partial charge in [0.1, 0.15) is 5.75 Å². The highest BCUT2D eigenvalue weighted by Crippen LogP contribution is 2.30. The Kier molecular flexibility index (Phi) is 5.31. The first-order valence-corrected chi connectivity index (χ1v) is 7.40. The molecule has 0 heterocycles. The van der Waals surface area contributed by atoms with E-state index in [2.05, 4.69) is 21.2 Å². The van der Waals surface area contributed by atoms with Gasteiger partial charge in [0.15, 0.2) is 11.6 Å². The molecule has 2 aromatic carbocycles. The number of nitrogens with one attached hydrogen (secondary N) is 1. The number of hydrogen-bond donors (Lipinski definition) is 1. The van der Waals surface area contributed by atoms with Gasteiger partial charge in [-0.2, -0.15) is 4.39 Å². The Morgan fingerprint density at radius 1 is 1.14 bits per heavy atom. The first-order valence-electron chi connectivity index (χ1n) is 6.61. The average Bonchev–Trinajstić information content (AvgIpc) is 2.43. The fraction of sp³-hybridized carbons (Fsp3) is 0.250. The van der Waals surface area contributed by atoms with Crippen molar-refractivity contribution in [1.29, 1.82) is 0 Å². The molecule has 0 atom stereocenters. The Balaban J connectivity index is 2.28. The van der Waals surface area contributed by atoms with E-state index in [1.165, 1.54) is 12.1 Å². The summed E-state index contributed by atoms with van der Waals surface area (Å²) < 4.78 is 33.3. The molecule has 0 radical (unpaired) electrons. The van der Waals surface area contributed by atoms with Crippen molar-refractivity contribution in [2.24, 2.45) is 0 Å². The summed E-state index contributed by atoms with van der Waals surface area (Å²) in [5.41, 5.74) is 0.863. The first-order chi connectivity index (χ1) is 9.97. The SMILES string of the molecule is CC(C)NCc1cc(Br)ccc1Oc1cccc(F)c1F. The molecule has 0 aliphatic rings. The lowest BCUT2D eigenvalue weighted by Crippen LogP contribution is -2.22. The molecule has 5 heteroatoms. The molecular formula is C16H16BrF2NO. The summed E-state index contributed by atoms with van der Waals surface area (Å²) in [7, 11) is 0. The van der Waals surface area contributed by atoms with E-state index in [9.17, 15) is 8.78 Å². The van der Waals surface area contributed by atoms with Crippen LogP contribution in [0.1, 0.15) is 19.4 Å². The van der Waals surface area contributed by atoms with Crippen molar-refractivity contribution in [2.45, 2.75) is 26.4 Å². The van der Waals surface area contributed by atoms with Crippen LogP contribution in [0, 0.1) is 11.6 Å². The van der Waals surface area contributed by atoms with Gasteiger partial charge in [0.25, 0.3) is 0 Å². The number of halogens is 3. The van der Waals surface area contributed by atoms with E-state index in [-0.39, 0.29) is 5.75 Å². The summed E-state index contributed by atoms with van der Waals surface area (Å²) in [6, 6.07) is 9.60. The van der Waals surface area contributed by atoms with E-state index < -0.39 is 11.6 Å². The molecule has 0 aromatic heterocycles. The molecule has 0 amide bonds. The number of rotatable bonds is 5. The third-order valence-corrected chi connectivity index (χ3v) is 3.35. The molecule has 112 valence electrons. The molecule has 0 bridgehead atoms. The molecule has 2 nitrogen and oxygen atoms in total. The van der Waals surface area contributed by atoms with Crippen molar-refractivity contribution < 1.29 is 13.5 Å². The highest BCUT2D eigenvalue weighted by molar-refractivity contribution is 9.10. The minimum Gasteiger partial charge on any atom is -0.454 e. The summed E-state index contributed by atoms with van der Waals surface area (Å²) >= 11 is 3.40. The maximum atomic E-state index is 13.7. The van der Waals surface area contributed by atoms with Crippen LogP contribution in [0.3, 0.4) is 0 Å². The molecule has 0 aliphatic heterocycles. The smallest absolute Gasteiger partial charge is 0.201 e. The van der Waals surface area contributed by atoms with E-state index in [0.29, 0.717) is 18.3 Å². The van der Waals surface area contributed by atoms with Crippen molar-refractivity contribution in [3.05, 3.63) is 58.1 Å². The summed E-state index contributed by atoms with van der Waals surface area (Å²) in [5, 5.41) is 3.27. The van der Waals surface area contributed by atoms with Gasteiger partial charge in [0, 0.05) is 22.6 Å². The zero-order valence-corrected chi connectivity index (χ0v) is 13.4. The highest BCUT2D eigenvalue weighted by Gasteiger charge is 2.12. The van der Waals surface area contributed by atoms with Crippen LogP contribution in [0.2, 0.25) is 0 Å². The summed E-state index contributed by atoms with van der Waals surface area (Å²) in [4.78, 5) is 0. The van der Waals surface area contributed by atoms with Crippen molar-refractivity contribution >= 4 is 15.9 Å². The van der Waals surface area contributed by atoms with Gasteiger partial charge in [0.2, 0.25) is 5.82 Å². The van der Waals surface area contributed by atoms with Crippen LogP contribution in [0.25, 0.3) is 0 Å². The summed E-state index contributed by atoms with van der Waals surface area (Å²) in [6.07, 6.45) is 0. The lowest BCUT2D eigenvalue weighted by Gasteiger charge is -2.14. The largest absolute Gasteiger partial charge is 0.454 e. The Morgan fingerprint density at radius 3 is 2.62 bits per heavy atom. The summed E-state index contributed by atoms with van der Waals surface area (Å²) in [5.74, 6) is -1.53. The van der Waals surface area contributed by atoms with Crippen LogP contribution < -0.4 is 10.1 Å². The quantitative estimate of drug-likeness (QED) is 0.813. The number of ether oxygens (including phenoxy) is 1. The zero-order chi connectivity index (χ0) is 15.4. The van der Waals surface area contributed by atoms with E-state index in [0.717, 1.165) is 16.1 Å². The Morgan fingerprint density at radius 2 is 1.90 bits per heavy atom. The predicted octanol–water partition coefficient (Wildman–Crippen LogP) is 5.02. The van der Waals surface area contributed by atoms with Gasteiger partial charge in [-0.15, -0.1) is 0 Å². The van der Waals surface area contributed by atoms with Crippen molar-refractivity contribution in [3.63, 3.8) is 0 Å². The highest BCUT2D eigenvalue weighted by atomic mass is 79.9. The minimum absolute atomic E-state index is 0.122. The Bertz CT molecular complexity index is 632. The summed E-state index contributed by atoms with van der Waals surface area (Å²) in [6.45, 7) is 4.64. The van der Waals surface area contributed by atoms with Gasteiger partial charge in [-0.3, -0.25) is 0 Å². The average molecular weight is 356 g/mol. The molecule has 2 aromatic rings. The van der Waals surface area contributed by atoms with Gasteiger partial charge in [0.05, 0.1) is 0 Å². The van der Waals surface area contributed by atoms with Gasteiger partial charge in [-0.1, -0.05) is 35.8 Å². The van der Waals surface area contributed by atoms with E-state index in [1.807, 2.05) is 19.9 Å². The maximum Gasteiger partial charge on any atom is 0.201 e.